The van der Waals surface area contributed by atoms with Crippen molar-refractivity contribution in [2.75, 3.05) is 27.4 Å². The largest absolute Gasteiger partial charge is 0.385 e. The molecule has 0 heterocycles. The first-order valence-corrected chi connectivity index (χ1v) is 5.89. The minimum Gasteiger partial charge on any atom is -0.385 e. The van der Waals surface area contributed by atoms with E-state index in [9.17, 15) is 0 Å². The van der Waals surface area contributed by atoms with Crippen molar-refractivity contribution in [1.29, 1.82) is 0 Å². The molecule has 0 aliphatic carbocycles. The van der Waals surface area contributed by atoms with E-state index < -0.39 is 0 Å². The number of hydrogen-bond donors (Lipinski definition) is 0. The fourth-order valence-electron chi connectivity index (χ4n) is 1.23. The molecule has 0 amide bonds. The summed E-state index contributed by atoms with van der Waals surface area (Å²) in [5, 5.41) is 0. The Morgan fingerprint density at radius 1 is 1.00 bits per heavy atom. The van der Waals surface area contributed by atoms with Crippen molar-refractivity contribution >= 4 is 0 Å². The summed E-state index contributed by atoms with van der Waals surface area (Å²) in [7, 11) is 3.47. The van der Waals surface area contributed by atoms with Gasteiger partial charge in [-0.25, -0.2) is 0 Å². The van der Waals surface area contributed by atoms with Crippen LogP contribution in [0.1, 0.15) is 47.5 Å². The van der Waals surface area contributed by atoms with E-state index in [0.717, 1.165) is 25.6 Å². The minimum absolute atomic E-state index is 0. The molecule has 0 radical (unpaired) electrons. The van der Waals surface area contributed by atoms with Gasteiger partial charge in [-0.3, -0.25) is 0 Å². The predicted molar refractivity (Wildman–Crippen MR) is 73.7 cm³/mol. The third-order valence-corrected chi connectivity index (χ3v) is 2.18. The third kappa shape index (κ3) is 25.3. The summed E-state index contributed by atoms with van der Waals surface area (Å²) in [5.74, 6) is 1.36. The monoisotopic (exact) mass is 500 g/mol. The van der Waals surface area contributed by atoms with Crippen LogP contribution in [0.25, 0.3) is 0 Å². The van der Waals surface area contributed by atoms with Gasteiger partial charge in [-0.1, -0.05) is 34.6 Å². The van der Waals surface area contributed by atoms with E-state index in [4.69, 9.17) is 9.47 Å². The van der Waals surface area contributed by atoms with Gasteiger partial charge in [-0.05, 0) is 18.3 Å². The first-order chi connectivity index (χ1) is 7.12. The van der Waals surface area contributed by atoms with Gasteiger partial charge >= 0.3 is 0 Å². The maximum absolute atomic E-state index is 4.96. The van der Waals surface area contributed by atoms with Crippen LogP contribution in [-0.4, -0.2) is 27.4 Å². The van der Waals surface area contributed by atoms with E-state index in [0.29, 0.717) is 5.92 Å². The van der Waals surface area contributed by atoms with Crippen molar-refractivity contribution in [3.05, 3.63) is 6.92 Å². The molecule has 0 saturated carbocycles. The second kappa shape index (κ2) is 20.3. The summed E-state index contributed by atoms with van der Waals surface area (Å²) < 4.78 is 9.81. The topological polar surface area (TPSA) is 18.5 Å². The summed E-state index contributed by atoms with van der Waals surface area (Å²) >= 11 is 0. The Morgan fingerprint density at radius 3 is 1.65 bits per heavy atom. The van der Waals surface area contributed by atoms with Gasteiger partial charge in [-0.2, -0.15) is 6.42 Å². The molecule has 0 rings (SSSR count). The molecule has 0 aromatic rings. The first kappa shape index (κ1) is 24.9. The third-order valence-electron chi connectivity index (χ3n) is 2.18. The van der Waals surface area contributed by atoms with Crippen LogP contribution in [0, 0.1) is 18.8 Å². The van der Waals surface area contributed by atoms with Gasteiger partial charge in [0, 0.05) is 27.4 Å². The van der Waals surface area contributed by atoms with Crippen molar-refractivity contribution in [2.45, 2.75) is 47.5 Å². The second-order valence-corrected chi connectivity index (χ2v) is 4.20. The molecular formula is C14H33O2Rf-. The summed E-state index contributed by atoms with van der Waals surface area (Å²) in [6.45, 7) is 12.0. The Labute approximate surface area is 104 Å². The van der Waals surface area contributed by atoms with Crippen molar-refractivity contribution in [3.8, 4) is 0 Å². The number of hydrogen-bond acceptors (Lipinski definition) is 2. The van der Waals surface area contributed by atoms with Gasteiger partial charge in [0.25, 0.3) is 0 Å². The molecule has 104 valence electrons. The Hall–Kier alpha value is -1.08. The molecule has 0 bridgehead atoms. The van der Waals surface area contributed by atoms with E-state index in [1.165, 1.54) is 12.8 Å². The Kier molecular flexibility index (Phi) is 29.9. The standard InChI is InChI=1S/C7H16O.C6H13O.CH4.Rf/c1-4-5-7(2)6-8-3;1-4-6(2)5-7-3;;/h7H,4-6H2,1-3H3;6H,1,4-5H2,2-3H3;1H4;/q;-1;;. The van der Waals surface area contributed by atoms with E-state index in [2.05, 4.69) is 27.7 Å². The molecule has 2 nitrogen and oxygen atoms in total. The normalized spacial score (nSPS) is 12.4. The maximum Gasteiger partial charge on any atom is 0.0487 e. The quantitative estimate of drug-likeness (QED) is 0.488. The van der Waals surface area contributed by atoms with Gasteiger partial charge in [0.1, 0.15) is 0 Å². The molecule has 17 heavy (non-hydrogen) atoms. The molecule has 0 fully saturated rings. The van der Waals surface area contributed by atoms with Gasteiger partial charge in [0.2, 0.25) is 0 Å². The van der Waals surface area contributed by atoms with Crippen LogP contribution >= 0.6 is 0 Å². The van der Waals surface area contributed by atoms with Crippen LogP contribution in [0.3, 0.4) is 0 Å². The Balaban J connectivity index is -0.0000000896. The number of ether oxygens (including phenoxy) is 2. The zero-order valence-electron chi connectivity index (χ0n) is 11.9. The fraction of sp³-hybridized carbons (Fsp3) is 0.929. The summed E-state index contributed by atoms with van der Waals surface area (Å²) in [6.07, 6.45) is 3.52. The van der Waals surface area contributed by atoms with Gasteiger partial charge in [-0.15, -0.1) is 0 Å². The van der Waals surface area contributed by atoms with Crippen LogP contribution in [0.5, 0.6) is 0 Å². The molecule has 0 aromatic heterocycles. The molecule has 0 N–H and O–H groups in total. The van der Waals surface area contributed by atoms with Gasteiger partial charge in [0.05, 0.1) is 0 Å². The van der Waals surface area contributed by atoms with Crippen LogP contribution < -0.4 is 0 Å². The molecule has 0 spiro atoms. The molecular weight excluding hydrogens is 467 g/mol. The van der Waals surface area contributed by atoms with E-state index in [1.807, 2.05) is 0 Å². The van der Waals surface area contributed by atoms with Crippen LogP contribution in [-0.2, 0) is 9.47 Å². The summed E-state index contributed by atoms with van der Waals surface area (Å²) in [4.78, 5) is 0. The Bertz CT molecular complexity index is 104. The first-order valence-electron chi connectivity index (χ1n) is 5.89. The zero-order chi connectivity index (χ0) is 12.1. The molecule has 3 heteroatoms. The zero-order valence-corrected chi connectivity index (χ0v) is 18.3. The van der Waals surface area contributed by atoms with Crippen LogP contribution in [0.2, 0.25) is 0 Å². The second-order valence-electron chi connectivity index (χ2n) is 4.20. The number of methoxy groups -OCH3 is 2. The van der Waals surface area contributed by atoms with E-state index in [1.54, 1.807) is 14.2 Å². The summed E-state index contributed by atoms with van der Waals surface area (Å²) in [6, 6.07) is 0. The molecule has 2 atom stereocenters. The molecule has 0 aromatic carbocycles. The van der Waals surface area contributed by atoms with E-state index >= 15 is 0 Å². The smallest absolute Gasteiger partial charge is 0.0487 e. The predicted octanol–water partition coefficient (Wildman–Crippen LogP) is 4.20. The van der Waals surface area contributed by atoms with Gasteiger partial charge in [0.15, 0.2) is 0 Å². The molecule has 0 aliphatic rings. The van der Waals surface area contributed by atoms with Gasteiger partial charge < -0.3 is 16.4 Å². The van der Waals surface area contributed by atoms with Crippen LogP contribution in [0.15, 0.2) is 0 Å². The molecule has 0 aliphatic heterocycles. The van der Waals surface area contributed by atoms with Crippen molar-refractivity contribution in [1.82, 2.24) is 0 Å². The van der Waals surface area contributed by atoms with E-state index in [-0.39, 0.29) is 7.43 Å². The fourth-order valence-corrected chi connectivity index (χ4v) is 1.23. The average Bonchev–Trinajstić information content (AvgIpc) is 2.20. The average molecular weight is 500 g/mol. The van der Waals surface area contributed by atoms with Crippen molar-refractivity contribution in [3.63, 3.8) is 0 Å². The SMILES string of the molecule is C.CCCC(C)COC.[CH2-]CC(C)COC.[Rf]. The van der Waals surface area contributed by atoms with Crippen LogP contribution in [0.4, 0.5) is 0 Å². The van der Waals surface area contributed by atoms with Crippen molar-refractivity contribution in [2.24, 2.45) is 11.8 Å². The van der Waals surface area contributed by atoms with Crippen molar-refractivity contribution < 1.29 is 9.47 Å². The number of rotatable bonds is 7. The molecule has 2 unspecified atom stereocenters. The summed E-state index contributed by atoms with van der Waals surface area (Å²) in [5.41, 5.74) is 0. The molecule has 0 saturated heterocycles. The maximum atomic E-state index is 4.96. The minimum atomic E-state index is 0. The Morgan fingerprint density at radius 2 is 1.41 bits per heavy atom.